The van der Waals surface area contributed by atoms with Crippen molar-refractivity contribution in [2.45, 2.75) is 20.1 Å². The molecule has 180 valence electrons. The first-order valence-corrected chi connectivity index (χ1v) is 11.1. The van der Waals surface area contributed by atoms with Gasteiger partial charge in [-0.3, -0.25) is 0 Å². The molecular formula is C28H22N2O6. The molecule has 0 bridgehead atoms. The second kappa shape index (κ2) is 11.1. The number of aromatic carboxylic acids is 1. The Hall–Kier alpha value is -4.85. The van der Waals surface area contributed by atoms with Crippen LogP contribution in [0.4, 0.5) is 0 Å². The van der Waals surface area contributed by atoms with E-state index >= 15 is 0 Å². The van der Waals surface area contributed by atoms with E-state index in [1.54, 1.807) is 6.92 Å². The molecule has 8 nitrogen and oxygen atoms in total. The number of hydrogen-bond acceptors (Lipinski definition) is 7. The predicted molar refractivity (Wildman–Crippen MR) is 130 cm³/mol. The van der Waals surface area contributed by atoms with Gasteiger partial charge in [-0.2, -0.15) is 0 Å². The van der Waals surface area contributed by atoms with Crippen molar-refractivity contribution < 1.29 is 29.0 Å². The van der Waals surface area contributed by atoms with E-state index in [1.165, 1.54) is 24.4 Å². The zero-order chi connectivity index (χ0) is 25.5. The van der Waals surface area contributed by atoms with E-state index < -0.39 is 23.7 Å². The quantitative estimate of drug-likeness (QED) is 0.354. The molecule has 0 aliphatic heterocycles. The summed E-state index contributed by atoms with van der Waals surface area (Å²) >= 11 is 0. The van der Waals surface area contributed by atoms with Crippen molar-refractivity contribution in [2.24, 2.45) is 0 Å². The van der Waals surface area contributed by atoms with Crippen LogP contribution in [0.2, 0.25) is 0 Å². The van der Waals surface area contributed by atoms with Gasteiger partial charge in [-0.15, -0.1) is 0 Å². The van der Waals surface area contributed by atoms with Crippen molar-refractivity contribution in [1.29, 1.82) is 0 Å². The van der Waals surface area contributed by atoms with Crippen molar-refractivity contribution in [3.8, 4) is 11.3 Å². The van der Waals surface area contributed by atoms with Crippen LogP contribution >= 0.6 is 0 Å². The maximum atomic E-state index is 13.2. The fourth-order valence-corrected chi connectivity index (χ4v) is 3.47. The number of carboxylic acids is 1. The van der Waals surface area contributed by atoms with Gasteiger partial charge in [0.2, 0.25) is 5.82 Å². The minimum absolute atomic E-state index is 0.0188. The van der Waals surface area contributed by atoms with Gasteiger partial charge < -0.3 is 14.6 Å². The molecule has 8 heteroatoms. The third kappa shape index (κ3) is 5.79. The average molecular weight is 482 g/mol. The van der Waals surface area contributed by atoms with Gasteiger partial charge >= 0.3 is 17.9 Å². The van der Waals surface area contributed by atoms with Crippen LogP contribution in [0.5, 0.6) is 0 Å². The van der Waals surface area contributed by atoms with Gasteiger partial charge in [0.05, 0.1) is 16.8 Å². The molecule has 1 heterocycles. The summed E-state index contributed by atoms with van der Waals surface area (Å²) in [6, 6.07) is 22.8. The normalized spacial score (nSPS) is 10.5. The van der Waals surface area contributed by atoms with Gasteiger partial charge in [0, 0.05) is 11.8 Å². The highest BCUT2D eigenvalue weighted by atomic mass is 16.5. The van der Waals surface area contributed by atoms with E-state index in [1.807, 2.05) is 60.7 Å². The summed E-state index contributed by atoms with van der Waals surface area (Å²) in [5.41, 5.74) is 2.93. The van der Waals surface area contributed by atoms with Gasteiger partial charge in [-0.25, -0.2) is 24.4 Å². The maximum Gasteiger partial charge on any atom is 0.373 e. The van der Waals surface area contributed by atoms with Gasteiger partial charge in [-0.1, -0.05) is 66.7 Å². The highest BCUT2D eigenvalue weighted by Crippen LogP contribution is 2.27. The van der Waals surface area contributed by atoms with Crippen LogP contribution in [-0.2, 0) is 22.7 Å². The molecule has 0 saturated heterocycles. The summed E-state index contributed by atoms with van der Waals surface area (Å²) < 4.78 is 10.9. The number of ether oxygens (including phenoxy) is 2. The average Bonchev–Trinajstić information content (AvgIpc) is 2.91. The molecular weight excluding hydrogens is 460 g/mol. The highest BCUT2D eigenvalue weighted by molar-refractivity contribution is 6.01. The molecule has 4 aromatic rings. The number of rotatable bonds is 8. The monoisotopic (exact) mass is 482 g/mol. The molecule has 0 radical (unpaired) electrons. The molecule has 0 aliphatic rings. The maximum absolute atomic E-state index is 13.2. The van der Waals surface area contributed by atoms with Gasteiger partial charge in [0.25, 0.3) is 0 Å². The minimum Gasteiger partial charge on any atom is -0.475 e. The summed E-state index contributed by atoms with van der Waals surface area (Å²) in [5.74, 6) is -3.02. The number of carbonyl (C=O) groups excluding carboxylic acids is 2. The zero-order valence-electron chi connectivity index (χ0n) is 19.4. The van der Waals surface area contributed by atoms with Crippen LogP contribution in [0.25, 0.3) is 11.3 Å². The molecule has 0 saturated carbocycles. The lowest BCUT2D eigenvalue weighted by molar-refractivity contribution is 0.0470. The Morgan fingerprint density at radius 3 is 1.97 bits per heavy atom. The fourth-order valence-electron chi connectivity index (χ4n) is 3.47. The first kappa shape index (κ1) is 24.3. The van der Waals surface area contributed by atoms with E-state index in [4.69, 9.17) is 9.47 Å². The number of carbonyl (C=O) groups is 3. The Morgan fingerprint density at radius 1 is 0.806 bits per heavy atom. The number of esters is 2. The summed E-state index contributed by atoms with van der Waals surface area (Å²) in [6.07, 6.45) is 1.37. The van der Waals surface area contributed by atoms with Crippen molar-refractivity contribution in [3.05, 3.63) is 119 Å². The topological polar surface area (TPSA) is 116 Å². The molecule has 1 N–H and O–H groups in total. The number of aryl methyl sites for hydroxylation is 1. The predicted octanol–water partition coefficient (Wildman–Crippen LogP) is 4.86. The molecule has 36 heavy (non-hydrogen) atoms. The summed E-state index contributed by atoms with van der Waals surface area (Å²) in [6.45, 7) is 1.79. The smallest absolute Gasteiger partial charge is 0.373 e. The lowest BCUT2D eigenvalue weighted by Gasteiger charge is -2.13. The first-order valence-electron chi connectivity index (χ1n) is 11.1. The Bertz CT molecular complexity index is 1400. The van der Waals surface area contributed by atoms with Crippen molar-refractivity contribution >= 4 is 17.9 Å². The van der Waals surface area contributed by atoms with E-state index in [-0.39, 0.29) is 30.0 Å². The minimum atomic E-state index is -1.30. The van der Waals surface area contributed by atoms with Crippen molar-refractivity contribution in [3.63, 3.8) is 0 Å². The Labute approximate surface area is 207 Å². The number of hydrogen-bond donors (Lipinski definition) is 1. The summed E-state index contributed by atoms with van der Waals surface area (Å²) in [4.78, 5) is 45.3. The molecule has 4 rings (SSSR count). The molecule has 0 spiro atoms. The van der Waals surface area contributed by atoms with Gasteiger partial charge in [0.15, 0.2) is 0 Å². The second-order valence-electron chi connectivity index (χ2n) is 7.91. The molecule has 0 aliphatic carbocycles. The van der Waals surface area contributed by atoms with Crippen LogP contribution in [0.15, 0.2) is 85.1 Å². The number of nitrogens with zero attached hydrogens (tertiary/aromatic N) is 2. The second-order valence-corrected chi connectivity index (χ2v) is 7.91. The van der Waals surface area contributed by atoms with Crippen molar-refractivity contribution in [2.75, 3.05) is 0 Å². The first-order chi connectivity index (χ1) is 17.4. The standard InChI is InChI=1S/C28H22N2O6/c1-18-15-29-25(26(31)32)30-24(18)22-13-12-21(27(33)35-16-19-8-4-2-5-9-19)14-23(22)28(34)36-17-20-10-6-3-7-11-20/h2-15H,16-17H2,1H3,(H,31,32). The van der Waals surface area contributed by atoms with Crippen molar-refractivity contribution in [1.82, 2.24) is 9.97 Å². The summed E-state index contributed by atoms with van der Waals surface area (Å²) in [7, 11) is 0. The third-order valence-electron chi connectivity index (χ3n) is 5.32. The van der Waals surface area contributed by atoms with Gasteiger partial charge in [0.1, 0.15) is 13.2 Å². The van der Waals surface area contributed by atoms with Gasteiger partial charge in [-0.05, 0) is 35.7 Å². The largest absolute Gasteiger partial charge is 0.475 e. The number of carboxylic acid groups (broad SMARTS) is 1. The van der Waals surface area contributed by atoms with Crippen LogP contribution < -0.4 is 0 Å². The molecule has 0 atom stereocenters. The summed E-state index contributed by atoms with van der Waals surface area (Å²) in [5, 5.41) is 9.33. The Morgan fingerprint density at radius 2 is 1.39 bits per heavy atom. The van der Waals surface area contributed by atoms with E-state index in [0.717, 1.165) is 11.1 Å². The Balaban J connectivity index is 1.67. The van der Waals surface area contributed by atoms with E-state index in [0.29, 0.717) is 11.1 Å². The fraction of sp³-hybridized carbons (Fsp3) is 0.107. The lowest BCUT2D eigenvalue weighted by atomic mass is 9.98. The molecule has 0 fully saturated rings. The third-order valence-corrected chi connectivity index (χ3v) is 5.32. The van der Waals surface area contributed by atoms with E-state index in [9.17, 15) is 19.5 Å². The van der Waals surface area contributed by atoms with Crippen LogP contribution in [0.3, 0.4) is 0 Å². The van der Waals surface area contributed by atoms with E-state index in [2.05, 4.69) is 9.97 Å². The van der Waals surface area contributed by atoms with Crippen LogP contribution in [0.1, 0.15) is 48.0 Å². The molecule has 1 aromatic heterocycles. The highest BCUT2D eigenvalue weighted by Gasteiger charge is 2.22. The molecule has 0 amide bonds. The SMILES string of the molecule is Cc1cnc(C(=O)O)nc1-c1ccc(C(=O)OCc2ccccc2)cc1C(=O)OCc1ccccc1. The number of aromatic nitrogens is 2. The van der Waals surface area contributed by atoms with Crippen LogP contribution in [0, 0.1) is 6.92 Å². The lowest BCUT2D eigenvalue weighted by Crippen LogP contribution is -2.12. The van der Waals surface area contributed by atoms with Crippen LogP contribution in [-0.4, -0.2) is 33.0 Å². The molecule has 3 aromatic carbocycles. The zero-order valence-corrected chi connectivity index (χ0v) is 19.4. The molecule has 0 unspecified atom stereocenters. The Kier molecular flexibility index (Phi) is 7.45. The number of benzene rings is 3.